The van der Waals surface area contributed by atoms with E-state index in [1.807, 2.05) is 30.3 Å². The summed E-state index contributed by atoms with van der Waals surface area (Å²) in [5.74, 6) is 0. The average Bonchev–Trinajstić information content (AvgIpc) is 2.60. The maximum Gasteiger partial charge on any atom is 0.246 e. The van der Waals surface area contributed by atoms with Gasteiger partial charge in [0, 0.05) is 0 Å². The van der Waals surface area contributed by atoms with Gasteiger partial charge in [-0.05, 0) is 41.9 Å². The van der Waals surface area contributed by atoms with Crippen molar-refractivity contribution in [2.75, 3.05) is 5.06 Å². The van der Waals surface area contributed by atoms with Crippen LogP contribution in [0.15, 0.2) is 71.9 Å². The second kappa shape index (κ2) is 6.12. The number of hydroxylamine groups is 1. The van der Waals surface area contributed by atoms with E-state index in [-0.39, 0.29) is 12.2 Å². The Hall–Kier alpha value is -2.46. The van der Waals surface area contributed by atoms with Gasteiger partial charge in [-0.1, -0.05) is 42.4 Å². The first-order valence-electron chi connectivity index (χ1n) is 7.54. The average molecular weight is 271 g/mol. The Labute approximate surface area is 122 Å². The Morgan fingerprint density at radius 1 is 1.30 bits per heavy atom. The molecule has 0 bridgehead atoms. The van der Waals surface area contributed by atoms with Crippen LogP contribution >= 0.6 is 0 Å². The summed E-state index contributed by atoms with van der Waals surface area (Å²) in [7, 11) is 0. The van der Waals surface area contributed by atoms with Crippen molar-refractivity contribution in [1.29, 1.82) is 0 Å². The number of nitrogens with zero attached hydrogens (tertiary/aromatic N) is 2. The van der Waals surface area contributed by atoms with Crippen LogP contribution in [-0.4, -0.2) is 5.21 Å². The Morgan fingerprint density at radius 3 is 2.55 bits per heavy atom. The SMILES string of the molecule is [2H]ON(c1ccc(N=O)cc1)C(C(C)=C([2H])[2H])c1ccccc1. The molecule has 0 aliphatic carbocycles. The van der Waals surface area contributed by atoms with Crippen molar-refractivity contribution < 1.29 is 9.38 Å². The largest absolute Gasteiger partial charge is 0.288 e. The molecule has 0 aliphatic rings. The van der Waals surface area contributed by atoms with Crippen LogP contribution in [0, 0.1) is 4.91 Å². The molecule has 0 radical (unpaired) electrons. The first kappa shape index (κ1) is 10.3. The third kappa shape index (κ3) is 2.92. The summed E-state index contributed by atoms with van der Waals surface area (Å²) in [5, 5.41) is 8.89. The highest BCUT2D eigenvalue weighted by molar-refractivity contribution is 5.53. The van der Waals surface area contributed by atoms with Crippen molar-refractivity contribution in [3.63, 3.8) is 0 Å². The lowest BCUT2D eigenvalue weighted by Gasteiger charge is -2.28. The van der Waals surface area contributed by atoms with E-state index in [1.54, 1.807) is 19.1 Å². The number of rotatable bonds is 6. The molecule has 0 fully saturated rings. The highest BCUT2D eigenvalue weighted by Gasteiger charge is 2.20. The maximum atomic E-state index is 10.5. The van der Waals surface area contributed by atoms with Crippen molar-refractivity contribution in [3.05, 3.63) is 77.2 Å². The predicted molar refractivity (Wildman–Crippen MR) is 80.2 cm³/mol. The highest BCUT2D eigenvalue weighted by atomic mass is 16.5. The molecule has 0 spiro atoms. The zero-order chi connectivity index (χ0) is 16.8. The van der Waals surface area contributed by atoms with Gasteiger partial charge in [-0.3, -0.25) is 5.21 Å². The number of hydrogen-bond donors (Lipinski definition) is 1. The van der Waals surface area contributed by atoms with Crippen molar-refractivity contribution >= 4 is 11.4 Å². The summed E-state index contributed by atoms with van der Waals surface area (Å²) in [6.45, 7) is 1.31. The summed E-state index contributed by atoms with van der Waals surface area (Å²) < 4.78 is 22.6. The van der Waals surface area contributed by atoms with Gasteiger partial charge < -0.3 is 0 Å². The van der Waals surface area contributed by atoms with Crippen LogP contribution < -0.4 is 5.06 Å². The Bertz CT molecular complexity index is 686. The van der Waals surface area contributed by atoms with Crippen molar-refractivity contribution in [2.24, 2.45) is 5.18 Å². The third-order valence-corrected chi connectivity index (χ3v) is 2.97. The van der Waals surface area contributed by atoms with Crippen LogP contribution in [0.1, 0.15) is 21.3 Å². The molecular weight excluding hydrogens is 252 g/mol. The van der Waals surface area contributed by atoms with Gasteiger partial charge in [0.15, 0.2) is 0 Å². The van der Waals surface area contributed by atoms with E-state index in [4.69, 9.17) is 9.38 Å². The van der Waals surface area contributed by atoms with E-state index in [2.05, 4.69) is 5.18 Å². The molecule has 0 heterocycles. The lowest BCUT2D eigenvalue weighted by Crippen LogP contribution is -2.25. The van der Waals surface area contributed by atoms with Gasteiger partial charge in [0.05, 0.1) is 8.43 Å². The molecule has 2 rings (SSSR count). The van der Waals surface area contributed by atoms with Crippen LogP contribution in [0.5, 0.6) is 0 Å². The molecule has 1 atom stereocenters. The van der Waals surface area contributed by atoms with Crippen molar-refractivity contribution in [1.82, 2.24) is 0 Å². The lowest BCUT2D eigenvalue weighted by atomic mass is 10.0. The molecule has 2 aromatic rings. The van der Waals surface area contributed by atoms with Crippen molar-refractivity contribution in [2.45, 2.75) is 13.0 Å². The minimum Gasteiger partial charge on any atom is -0.288 e. The minimum absolute atomic E-state index is 0.267. The Morgan fingerprint density at radius 2 is 2.00 bits per heavy atom. The Balaban J connectivity index is 2.50. The summed E-state index contributed by atoms with van der Waals surface area (Å²) in [6.07, 6.45) is 0. The van der Waals surface area contributed by atoms with E-state index >= 15 is 0 Å². The molecule has 2 aromatic carbocycles. The Kier molecular flexibility index (Phi) is 3.17. The molecule has 0 aliphatic heterocycles. The summed E-state index contributed by atoms with van der Waals surface area (Å²) in [4.78, 5) is 10.5. The zero-order valence-corrected chi connectivity index (χ0v) is 11.0. The normalized spacial score (nSPS) is 13.6. The second-order valence-electron chi connectivity index (χ2n) is 4.43. The third-order valence-electron chi connectivity index (χ3n) is 2.97. The van der Waals surface area contributed by atoms with E-state index in [9.17, 15) is 4.91 Å². The van der Waals surface area contributed by atoms with E-state index in [0.717, 1.165) is 5.56 Å². The smallest absolute Gasteiger partial charge is 0.246 e. The number of nitroso groups, excluding NO2 is 1. The van der Waals surface area contributed by atoms with Gasteiger partial charge >= 0.3 is 0 Å². The molecule has 0 saturated carbocycles. The number of anilines is 1. The van der Waals surface area contributed by atoms with Gasteiger partial charge in [-0.15, -0.1) is 4.91 Å². The molecule has 0 saturated heterocycles. The van der Waals surface area contributed by atoms with Gasteiger partial charge in [-0.25, -0.2) is 5.06 Å². The molecule has 20 heavy (non-hydrogen) atoms. The quantitative estimate of drug-likeness (QED) is 0.474. The van der Waals surface area contributed by atoms with Gasteiger partial charge in [-0.2, -0.15) is 0 Å². The van der Waals surface area contributed by atoms with Gasteiger partial charge in [0.25, 0.3) is 0 Å². The van der Waals surface area contributed by atoms with E-state index in [1.165, 1.54) is 17.2 Å². The molecule has 102 valence electrons. The maximum absolute atomic E-state index is 10.5. The summed E-state index contributed by atoms with van der Waals surface area (Å²) in [6, 6.07) is 14.8. The molecule has 4 nitrogen and oxygen atoms in total. The van der Waals surface area contributed by atoms with Crippen molar-refractivity contribution in [3.8, 4) is 0 Å². The van der Waals surface area contributed by atoms with Gasteiger partial charge in [0.1, 0.15) is 11.7 Å². The minimum atomic E-state index is -0.603. The predicted octanol–water partition coefficient (Wildman–Crippen LogP) is 4.60. The summed E-state index contributed by atoms with van der Waals surface area (Å²) in [5.41, 5.74) is 2.00. The standard InChI is InChI=1S/C16H16N2O2/c1-12(2)16(13-6-4-3-5-7-13)18(20)15-10-8-14(17-19)9-11-15/h3-11,16,20H,1H2,2H3/i1D2,20D. The second-order valence-corrected chi connectivity index (χ2v) is 4.43. The first-order chi connectivity index (χ1) is 11.1. The molecule has 4 heteroatoms. The molecule has 0 aromatic heterocycles. The monoisotopic (exact) mass is 271 g/mol. The zero-order valence-electron chi connectivity index (χ0n) is 14.0. The summed E-state index contributed by atoms with van der Waals surface area (Å²) >= 11 is 0. The molecule has 0 amide bonds. The van der Waals surface area contributed by atoms with Crippen LogP contribution in [0.4, 0.5) is 11.4 Å². The highest BCUT2D eigenvalue weighted by Crippen LogP contribution is 2.31. The van der Waals surface area contributed by atoms with Crippen LogP contribution in [0.3, 0.4) is 0 Å². The number of hydrogen-bond acceptors (Lipinski definition) is 4. The van der Waals surface area contributed by atoms with Gasteiger partial charge in [0.2, 0.25) is 1.43 Å². The fourth-order valence-corrected chi connectivity index (χ4v) is 2.01. The molecular formula is C16H16N2O2. The fourth-order valence-electron chi connectivity index (χ4n) is 2.01. The van der Waals surface area contributed by atoms with E-state index < -0.39 is 6.04 Å². The van der Waals surface area contributed by atoms with Crippen LogP contribution in [0.25, 0.3) is 0 Å². The lowest BCUT2D eigenvalue weighted by molar-refractivity contribution is 0.229. The van der Waals surface area contributed by atoms with Crippen LogP contribution in [-0.2, 0) is 0 Å². The first-order valence-corrected chi connectivity index (χ1v) is 6.13. The molecule has 1 N–H and O–H groups in total. The van der Waals surface area contributed by atoms with Crippen LogP contribution in [0.2, 0.25) is 1.43 Å². The topological polar surface area (TPSA) is 52.9 Å². The molecule has 1 unspecified atom stereocenters. The fraction of sp³-hybridized carbons (Fsp3) is 0.125. The van der Waals surface area contributed by atoms with E-state index in [0.29, 0.717) is 11.3 Å². The number of benzene rings is 2.